The Labute approximate surface area is 79.3 Å². The minimum absolute atomic E-state index is 0.940. The molecule has 3 rings (SSSR count). The van der Waals surface area contributed by atoms with Gasteiger partial charge in [0.05, 0.1) is 0 Å². The van der Waals surface area contributed by atoms with Crippen molar-refractivity contribution in [2.75, 3.05) is 0 Å². The van der Waals surface area contributed by atoms with Crippen molar-refractivity contribution in [3.8, 4) is 0 Å². The van der Waals surface area contributed by atoms with Crippen molar-refractivity contribution in [3.05, 3.63) is 41.5 Å². The van der Waals surface area contributed by atoms with E-state index >= 15 is 0 Å². The molecule has 2 aliphatic carbocycles. The molecular formula is C13H14. The van der Waals surface area contributed by atoms with Crippen LogP contribution in [0.25, 0.3) is 5.57 Å². The summed E-state index contributed by atoms with van der Waals surface area (Å²) >= 11 is 0. The van der Waals surface area contributed by atoms with E-state index in [0.29, 0.717) is 0 Å². The Hall–Kier alpha value is -1.04. The number of rotatable bonds is 1. The summed E-state index contributed by atoms with van der Waals surface area (Å²) in [5, 5.41) is 0. The van der Waals surface area contributed by atoms with Gasteiger partial charge >= 0.3 is 0 Å². The number of aryl methyl sites for hydroxylation is 1. The predicted molar refractivity (Wildman–Crippen MR) is 55.4 cm³/mol. The molecule has 1 saturated carbocycles. The summed E-state index contributed by atoms with van der Waals surface area (Å²) < 4.78 is 0. The lowest BCUT2D eigenvalue weighted by molar-refractivity contribution is 0.862. The maximum absolute atomic E-state index is 2.49. The molecule has 0 heterocycles. The van der Waals surface area contributed by atoms with Gasteiger partial charge in [-0.15, -0.1) is 0 Å². The van der Waals surface area contributed by atoms with E-state index in [1.54, 1.807) is 5.57 Å². The first kappa shape index (κ1) is 7.37. The Balaban J connectivity index is 1.96. The smallest absolute Gasteiger partial charge is 0.0193 e. The lowest BCUT2D eigenvalue weighted by Crippen LogP contribution is -1.84. The minimum atomic E-state index is 0.940. The van der Waals surface area contributed by atoms with Gasteiger partial charge in [0.2, 0.25) is 0 Å². The summed E-state index contributed by atoms with van der Waals surface area (Å²) in [6, 6.07) is 8.87. The molecule has 13 heavy (non-hydrogen) atoms. The van der Waals surface area contributed by atoms with E-state index < -0.39 is 0 Å². The Bertz CT molecular complexity index is 373. The highest BCUT2D eigenvalue weighted by molar-refractivity contribution is 5.69. The second kappa shape index (κ2) is 2.47. The van der Waals surface area contributed by atoms with E-state index in [2.05, 4.69) is 37.3 Å². The van der Waals surface area contributed by atoms with Gasteiger partial charge in [-0.2, -0.15) is 0 Å². The van der Waals surface area contributed by atoms with Gasteiger partial charge in [0.25, 0.3) is 0 Å². The van der Waals surface area contributed by atoms with Crippen molar-refractivity contribution in [2.45, 2.75) is 19.8 Å². The molecule has 0 saturated heterocycles. The van der Waals surface area contributed by atoms with Gasteiger partial charge < -0.3 is 0 Å². The van der Waals surface area contributed by atoms with E-state index in [-0.39, 0.29) is 0 Å². The monoisotopic (exact) mass is 170 g/mol. The van der Waals surface area contributed by atoms with Crippen LogP contribution in [0.5, 0.6) is 0 Å². The van der Waals surface area contributed by atoms with Crippen LogP contribution < -0.4 is 0 Å². The molecule has 0 aromatic heterocycles. The fraction of sp³-hybridized carbons (Fsp3) is 0.385. The van der Waals surface area contributed by atoms with E-state index in [9.17, 15) is 0 Å². The van der Waals surface area contributed by atoms with Crippen molar-refractivity contribution in [1.82, 2.24) is 0 Å². The average Bonchev–Trinajstić information content (AvgIpc) is 2.74. The van der Waals surface area contributed by atoms with Crippen LogP contribution in [-0.4, -0.2) is 0 Å². The van der Waals surface area contributed by atoms with Crippen LogP contribution in [0.3, 0.4) is 0 Å². The fourth-order valence-electron chi connectivity index (χ4n) is 2.38. The quantitative estimate of drug-likeness (QED) is 0.605. The first-order valence-corrected chi connectivity index (χ1v) is 5.11. The summed E-state index contributed by atoms with van der Waals surface area (Å²) in [4.78, 5) is 0. The van der Waals surface area contributed by atoms with Crippen LogP contribution in [-0.2, 0) is 0 Å². The number of allylic oxidation sites excluding steroid dienone is 2. The van der Waals surface area contributed by atoms with Gasteiger partial charge in [0.1, 0.15) is 0 Å². The van der Waals surface area contributed by atoms with Gasteiger partial charge in [0, 0.05) is 0 Å². The van der Waals surface area contributed by atoms with Gasteiger partial charge in [-0.3, -0.25) is 0 Å². The van der Waals surface area contributed by atoms with Crippen molar-refractivity contribution in [3.63, 3.8) is 0 Å². The molecule has 0 N–H and O–H groups in total. The highest BCUT2D eigenvalue weighted by atomic mass is 14.4. The zero-order valence-corrected chi connectivity index (χ0v) is 7.96. The SMILES string of the molecule is Cc1cccc(C2=C[C@@H]3C[C@@H]3C2)c1. The summed E-state index contributed by atoms with van der Waals surface area (Å²) in [5.74, 6) is 1.95. The van der Waals surface area contributed by atoms with Crippen LogP contribution in [0, 0.1) is 18.8 Å². The molecule has 0 unspecified atom stereocenters. The average molecular weight is 170 g/mol. The molecule has 0 spiro atoms. The first-order valence-electron chi connectivity index (χ1n) is 5.11. The summed E-state index contributed by atoms with van der Waals surface area (Å²) in [6.45, 7) is 2.17. The van der Waals surface area contributed by atoms with Crippen LogP contribution in [0.2, 0.25) is 0 Å². The molecule has 1 aromatic carbocycles. The van der Waals surface area contributed by atoms with Crippen molar-refractivity contribution in [1.29, 1.82) is 0 Å². The van der Waals surface area contributed by atoms with Crippen molar-refractivity contribution >= 4 is 5.57 Å². The molecule has 0 heteroatoms. The standard InChI is InChI=1S/C13H14/c1-9-3-2-4-10(5-9)11-6-12-8-13(12)7-11/h2-6,12-13H,7-8H2,1H3/t12-,13+/m1/s1. The predicted octanol–water partition coefficient (Wildman–Crippen LogP) is 3.42. The summed E-state index contributed by atoms with van der Waals surface area (Å²) in [6.07, 6.45) is 5.27. The maximum atomic E-state index is 2.49. The molecule has 0 amide bonds. The Morgan fingerprint density at radius 3 is 2.92 bits per heavy atom. The number of hydrogen-bond acceptors (Lipinski definition) is 0. The minimum Gasteiger partial charge on any atom is -0.0773 e. The topological polar surface area (TPSA) is 0 Å². The first-order chi connectivity index (χ1) is 6.33. The van der Waals surface area contributed by atoms with Gasteiger partial charge in [-0.1, -0.05) is 35.9 Å². The highest BCUT2D eigenvalue weighted by Gasteiger charge is 2.40. The lowest BCUT2D eigenvalue weighted by Gasteiger charge is -2.04. The Kier molecular flexibility index (Phi) is 1.40. The molecule has 2 aliphatic rings. The largest absolute Gasteiger partial charge is 0.0773 e. The summed E-state index contributed by atoms with van der Waals surface area (Å²) in [5.41, 5.74) is 4.41. The third-order valence-corrected chi connectivity index (χ3v) is 3.26. The highest BCUT2D eigenvalue weighted by Crippen LogP contribution is 2.52. The van der Waals surface area contributed by atoms with E-state index in [0.717, 1.165) is 11.8 Å². The second-order valence-electron chi connectivity index (χ2n) is 4.43. The van der Waals surface area contributed by atoms with Gasteiger partial charge in [-0.25, -0.2) is 0 Å². The zero-order chi connectivity index (χ0) is 8.84. The number of benzene rings is 1. The van der Waals surface area contributed by atoms with Crippen LogP contribution >= 0.6 is 0 Å². The Morgan fingerprint density at radius 1 is 1.31 bits per heavy atom. The zero-order valence-electron chi connectivity index (χ0n) is 7.96. The molecule has 1 fully saturated rings. The van der Waals surface area contributed by atoms with Gasteiger partial charge in [0.15, 0.2) is 0 Å². The molecule has 0 nitrogen and oxygen atoms in total. The normalized spacial score (nSPS) is 29.8. The third-order valence-electron chi connectivity index (χ3n) is 3.26. The summed E-state index contributed by atoms with van der Waals surface area (Å²) in [7, 11) is 0. The molecule has 0 radical (unpaired) electrons. The van der Waals surface area contributed by atoms with Crippen molar-refractivity contribution < 1.29 is 0 Å². The second-order valence-corrected chi connectivity index (χ2v) is 4.43. The van der Waals surface area contributed by atoms with Crippen LogP contribution in [0.15, 0.2) is 30.3 Å². The number of hydrogen-bond donors (Lipinski definition) is 0. The molecule has 2 atom stereocenters. The van der Waals surface area contributed by atoms with E-state index in [4.69, 9.17) is 0 Å². The Morgan fingerprint density at radius 2 is 2.23 bits per heavy atom. The van der Waals surface area contributed by atoms with E-state index in [1.165, 1.54) is 24.0 Å². The van der Waals surface area contributed by atoms with E-state index in [1.807, 2.05) is 0 Å². The maximum Gasteiger partial charge on any atom is -0.0193 e. The van der Waals surface area contributed by atoms with Crippen LogP contribution in [0.4, 0.5) is 0 Å². The van der Waals surface area contributed by atoms with Crippen LogP contribution in [0.1, 0.15) is 24.0 Å². The molecule has 0 aliphatic heterocycles. The molecule has 1 aromatic rings. The molecule has 66 valence electrons. The van der Waals surface area contributed by atoms with Gasteiger partial charge in [-0.05, 0) is 42.7 Å². The van der Waals surface area contributed by atoms with Crippen molar-refractivity contribution in [2.24, 2.45) is 11.8 Å². The molecular weight excluding hydrogens is 156 g/mol. The fourth-order valence-corrected chi connectivity index (χ4v) is 2.38. The molecule has 0 bridgehead atoms. The number of fused-ring (bicyclic) bond motifs is 1. The third kappa shape index (κ3) is 1.21. The lowest BCUT2D eigenvalue weighted by atomic mass is 10.0.